The highest BCUT2D eigenvalue weighted by Gasteiger charge is 1.81. The third kappa shape index (κ3) is 2.92. The van der Waals surface area contributed by atoms with Gasteiger partial charge in [-0.3, -0.25) is 0 Å². The van der Waals surface area contributed by atoms with Gasteiger partial charge in [-0.1, -0.05) is 46.3 Å². The summed E-state index contributed by atoms with van der Waals surface area (Å²) in [6.45, 7) is 0. The van der Waals surface area contributed by atoms with Crippen molar-refractivity contribution in [3.63, 3.8) is 0 Å². The summed E-state index contributed by atoms with van der Waals surface area (Å²) in [4.78, 5) is 0. The summed E-state index contributed by atoms with van der Waals surface area (Å²) >= 11 is 3.36. The van der Waals surface area contributed by atoms with Crippen molar-refractivity contribution in [1.82, 2.24) is 0 Å². The highest BCUT2D eigenvalue weighted by molar-refractivity contribution is 9.08. The van der Waals surface area contributed by atoms with Crippen molar-refractivity contribution in [2.75, 3.05) is 0 Å². The van der Waals surface area contributed by atoms with Gasteiger partial charge in [-0.15, -0.1) is 0 Å². The SMILES string of the molecule is BrCc1ccccc1.S. The first kappa shape index (κ1) is 9.05. The summed E-state index contributed by atoms with van der Waals surface area (Å²) in [5.41, 5.74) is 1.33. The Bertz CT molecular complexity index is 150. The second kappa shape index (κ2) is 4.89. The highest BCUT2D eigenvalue weighted by atomic mass is 79.9. The van der Waals surface area contributed by atoms with Gasteiger partial charge in [0, 0.05) is 5.33 Å². The molecule has 1 aromatic rings. The first-order valence-corrected chi connectivity index (χ1v) is 3.65. The van der Waals surface area contributed by atoms with Crippen molar-refractivity contribution in [1.29, 1.82) is 0 Å². The number of halogens is 1. The Labute approximate surface area is 70.9 Å². The largest absolute Gasteiger partial charge is 0.197 e. The standard InChI is InChI=1S/C7H7Br.H2S/c8-6-7-4-2-1-3-5-7;/h1-5H,6H2;1H2. The van der Waals surface area contributed by atoms with Crippen LogP contribution in [0.3, 0.4) is 0 Å². The van der Waals surface area contributed by atoms with Gasteiger partial charge in [0.1, 0.15) is 0 Å². The second-order valence-corrected chi connectivity index (χ2v) is 2.18. The van der Waals surface area contributed by atoms with Crippen molar-refractivity contribution < 1.29 is 0 Å². The maximum Gasteiger partial charge on any atom is 0.0283 e. The van der Waals surface area contributed by atoms with E-state index in [1.165, 1.54) is 5.56 Å². The van der Waals surface area contributed by atoms with Crippen LogP contribution >= 0.6 is 29.4 Å². The molecule has 0 aliphatic heterocycles. The van der Waals surface area contributed by atoms with Gasteiger partial charge in [0.25, 0.3) is 0 Å². The molecule has 0 bridgehead atoms. The average Bonchev–Trinajstić information content (AvgIpc) is 1.90. The molecule has 0 radical (unpaired) electrons. The number of hydrogen-bond acceptors (Lipinski definition) is 0. The van der Waals surface area contributed by atoms with E-state index in [9.17, 15) is 0 Å². The minimum atomic E-state index is 0. The molecule has 0 spiro atoms. The molecule has 0 amide bonds. The van der Waals surface area contributed by atoms with Crippen molar-refractivity contribution >= 4 is 29.4 Å². The van der Waals surface area contributed by atoms with Crippen molar-refractivity contribution in [3.8, 4) is 0 Å². The molecule has 2 heteroatoms. The molecule has 0 heterocycles. The Morgan fingerprint density at radius 1 is 1.11 bits per heavy atom. The zero-order valence-corrected chi connectivity index (χ0v) is 7.56. The van der Waals surface area contributed by atoms with E-state index in [1.54, 1.807) is 0 Å². The van der Waals surface area contributed by atoms with Crippen LogP contribution in [0, 0.1) is 0 Å². The Morgan fingerprint density at radius 2 is 1.67 bits per heavy atom. The van der Waals surface area contributed by atoms with Crippen LogP contribution in [0.2, 0.25) is 0 Å². The monoisotopic (exact) mass is 204 g/mol. The molecule has 0 saturated heterocycles. The Morgan fingerprint density at radius 3 is 2.00 bits per heavy atom. The first-order valence-electron chi connectivity index (χ1n) is 2.53. The minimum Gasteiger partial charge on any atom is -0.197 e. The lowest BCUT2D eigenvalue weighted by atomic mass is 10.2. The van der Waals surface area contributed by atoms with Gasteiger partial charge in [0.2, 0.25) is 0 Å². The molecule has 0 saturated carbocycles. The quantitative estimate of drug-likeness (QED) is 0.618. The fraction of sp³-hybridized carbons (Fsp3) is 0.143. The van der Waals surface area contributed by atoms with Gasteiger partial charge < -0.3 is 0 Å². The highest BCUT2D eigenvalue weighted by Crippen LogP contribution is 2.02. The van der Waals surface area contributed by atoms with Crippen LogP contribution in [-0.2, 0) is 5.33 Å². The van der Waals surface area contributed by atoms with Crippen LogP contribution in [0.15, 0.2) is 30.3 Å². The predicted octanol–water partition coefficient (Wildman–Crippen LogP) is 2.69. The summed E-state index contributed by atoms with van der Waals surface area (Å²) < 4.78 is 0. The summed E-state index contributed by atoms with van der Waals surface area (Å²) in [7, 11) is 0. The Hall–Kier alpha value is 0.0500. The van der Waals surface area contributed by atoms with Crippen LogP contribution in [-0.4, -0.2) is 0 Å². The van der Waals surface area contributed by atoms with Gasteiger partial charge >= 0.3 is 0 Å². The zero-order chi connectivity index (χ0) is 5.82. The molecule has 9 heavy (non-hydrogen) atoms. The van der Waals surface area contributed by atoms with Crippen molar-refractivity contribution in [2.24, 2.45) is 0 Å². The maximum atomic E-state index is 3.36. The first-order chi connectivity index (χ1) is 3.93. The molecule has 0 fully saturated rings. The van der Waals surface area contributed by atoms with E-state index < -0.39 is 0 Å². The molecule has 0 N–H and O–H groups in total. The second-order valence-electron chi connectivity index (χ2n) is 1.62. The summed E-state index contributed by atoms with van der Waals surface area (Å²) in [6, 6.07) is 10.3. The van der Waals surface area contributed by atoms with Crippen LogP contribution in [0.1, 0.15) is 5.56 Å². The predicted molar refractivity (Wildman–Crippen MR) is 49.5 cm³/mol. The molecule has 1 aromatic carbocycles. The lowest BCUT2D eigenvalue weighted by Gasteiger charge is -1.88. The van der Waals surface area contributed by atoms with E-state index in [-0.39, 0.29) is 13.5 Å². The molecular formula is C7H9BrS. The fourth-order valence-electron chi connectivity index (χ4n) is 0.567. The Kier molecular flexibility index (Phi) is 4.91. The van der Waals surface area contributed by atoms with E-state index in [0.717, 1.165) is 5.33 Å². The van der Waals surface area contributed by atoms with Crippen molar-refractivity contribution in [2.45, 2.75) is 5.33 Å². The fourth-order valence-corrected chi connectivity index (χ4v) is 0.941. The van der Waals surface area contributed by atoms with E-state index in [1.807, 2.05) is 18.2 Å². The number of benzene rings is 1. The lowest BCUT2D eigenvalue weighted by molar-refractivity contribution is 1.44. The van der Waals surface area contributed by atoms with Gasteiger partial charge in [-0.05, 0) is 5.56 Å². The molecule has 0 atom stereocenters. The van der Waals surface area contributed by atoms with Crippen LogP contribution in [0.5, 0.6) is 0 Å². The molecule has 0 nitrogen and oxygen atoms in total. The van der Waals surface area contributed by atoms with Crippen LogP contribution in [0.4, 0.5) is 0 Å². The van der Waals surface area contributed by atoms with Gasteiger partial charge in [0.05, 0.1) is 0 Å². The van der Waals surface area contributed by atoms with Crippen LogP contribution < -0.4 is 0 Å². The summed E-state index contributed by atoms with van der Waals surface area (Å²) in [6.07, 6.45) is 0. The molecular weight excluding hydrogens is 196 g/mol. The lowest BCUT2D eigenvalue weighted by Crippen LogP contribution is -1.70. The average molecular weight is 205 g/mol. The van der Waals surface area contributed by atoms with Gasteiger partial charge in [-0.25, -0.2) is 0 Å². The van der Waals surface area contributed by atoms with Crippen LogP contribution in [0.25, 0.3) is 0 Å². The van der Waals surface area contributed by atoms with E-state index in [2.05, 4.69) is 28.1 Å². The van der Waals surface area contributed by atoms with E-state index in [4.69, 9.17) is 0 Å². The molecule has 0 aromatic heterocycles. The van der Waals surface area contributed by atoms with Gasteiger partial charge in [-0.2, -0.15) is 13.5 Å². The smallest absolute Gasteiger partial charge is 0.0283 e. The molecule has 0 unspecified atom stereocenters. The van der Waals surface area contributed by atoms with Gasteiger partial charge in [0.15, 0.2) is 0 Å². The third-order valence-corrected chi connectivity index (χ3v) is 1.64. The Balaban J connectivity index is 0.000000640. The number of rotatable bonds is 1. The molecule has 1 rings (SSSR count). The maximum absolute atomic E-state index is 3.36. The summed E-state index contributed by atoms with van der Waals surface area (Å²) in [5.74, 6) is 0. The molecule has 0 aliphatic rings. The van der Waals surface area contributed by atoms with E-state index >= 15 is 0 Å². The molecule has 50 valence electrons. The topological polar surface area (TPSA) is 0 Å². The molecule has 0 aliphatic carbocycles. The zero-order valence-electron chi connectivity index (χ0n) is 4.97. The van der Waals surface area contributed by atoms with E-state index in [0.29, 0.717) is 0 Å². The third-order valence-electron chi connectivity index (χ3n) is 0.997. The number of alkyl halides is 1. The number of hydrogen-bond donors (Lipinski definition) is 0. The minimum absolute atomic E-state index is 0. The summed E-state index contributed by atoms with van der Waals surface area (Å²) in [5, 5.41) is 0.952. The normalized spacial score (nSPS) is 8.11. The van der Waals surface area contributed by atoms with Crippen molar-refractivity contribution in [3.05, 3.63) is 35.9 Å².